The predicted molar refractivity (Wildman–Crippen MR) is 59.5 cm³/mol. The first-order valence-corrected chi connectivity index (χ1v) is 5.17. The van der Waals surface area contributed by atoms with Crippen LogP contribution in [0, 0.1) is 10.1 Å². The number of nitrogens with zero attached hydrogens (tertiary/aromatic N) is 1. The Labute approximate surface area is 98.0 Å². The van der Waals surface area contributed by atoms with Crippen LogP contribution in [0.5, 0.6) is 0 Å². The Kier molecular flexibility index (Phi) is 4.93. The highest BCUT2D eigenvalue weighted by atomic mass is 16.6. The lowest BCUT2D eigenvalue weighted by atomic mass is 10.2. The quantitative estimate of drug-likeness (QED) is 0.432. The van der Waals surface area contributed by atoms with Gasteiger partial charge in [0, 0.05) is 6.42 Å². The van der Waals surface area contributed by atoms with Crippen molar-refractivity contribution in [1.82, 2.24) is 0 Å². The van der Waals surface area contributed by atoms with Gasteiger partial charge in [-0.2, -0.15) is 0 Å². The molecule has 17 heavy (non-hydrogen) atoms. The lowest BCUT2D eigenvalue weighted by Gasteiger charge is -2.00. The molecular formula is C11H13NO5. The number of hydrogen-bond acceptors (Lipinski definition) is 5. The van der Waals surface area contributed by atoms with E-state index < -0.39 is 10.9 Å². The topological polar surface area (TPSA) is 82.6 Å². The number of hydrogen-bond donors (Lipinski definition) is 0. The third kappa shape index (κ3) is 4.50. The molecule has 0 N–H and O–H groups in total. The maximum atomic E-state index is 11.1. The van der Waals surface area contributed by atoms with Crippen molar-refractivity contribution in [3.05, 3.63) is 40.0 Å². The summed E-state index contributed by atoms with van der Waals surface area (Å²) in [4.78, 5) is 21.3. The molecule has 1 rings (SSSR count). The highest BCUT2D eigenvalue weighted by Crippen LogP contribution is 2.13. The summed E-state index contributed by atoms with van der Waals surface area (Å²) >= 11 is 0. The first kappa shape index (κ1) is 13.0. The van der Waals surface area contributed by atoms with Gasteiger partial charge in [0.1, 0.15) is 5.76 Å². The van der Waals surface area contributed by atoms with Crippen LogP contribution in [0.3, 0.4) is 0 Å². The zero-order valence-corrected chi connectivity index (χ0v) is 9.42. The summed E-state index contributed by atoms with van der Waals surface area (Å²) in [7, 11) is 0. The third-order valence-corrected chi connectivity index (χ3v) is 1.98. The van der Waals surface area contributed by atoms with Crippen LogP contribution >= 0.6 is 0 Å². The van der Waals surface area contributed by atoms with Crippen LogP contribution in [-0.4, -0.2) is 17.5 Å². The molecule has 6 nitrogen and oxygen atoms in total. The summed E-state index contributed by atoms with van der Waals surface area (Å²) in [6, 6.07) is 3.24. The fraction of sp³-hybridized carbons (Fsp3) is 0.364. The van der Waals surface area contributed by atoms with E-state index in [4.69, 9.17) is 9.15 Å². The van der Waals surface area contributed by atoms with Crippen LogP contribution in [0.25, 0.3) is 6.08 Å². The first-order chi connectivity index (χ1) is 8.13. The zero-order chi connectivity index (χ0) is 12.7. The molecule has 0 aliphatic heterocycles. The Hall–Kier alpha value is -2.11. The van der Waals surface area contributed by atoms with E-state index in [2.05, 4.69) is 0 Å². The molecule has 0 unspecified atom stereocenters. The summed E-state index contributed by atoms with van der Waals surface area (Å²) in [6.07, 6.45) is 2.74. The van der Waals surface area contributed by atoms with Crippen molar-refractivity contribution >= 4 is 12.0 Å². The van der Waals surface area contributed by atoms with Gasteiger partial charge in [-0.1, -0.05) is 0 Å². The summed E-state index contributed by atoms with van der Waals surface area (Å²) in [5.41, 5.74) is -0.0759. The van der Waals surface area contributed by atoms with E-state index in [1.165, 1.54) is 12.3 Å². The molecular weight excluding hydrogens is 226 g/mol. The second-order valence-electron chi connectivity index (χ2n) is 3.21. The molecule has 0 aliphatic rings. The Morgan fingerprint density at radius 3 is 2.88 bits per heavy atom. The van der Waals surface area contributed by atoms with Crippen molar-refractivity contribution in [2.75, 3.05) is 6.61 Å². The van der Waals surface area contributed by atoms with Crippen molar-refractivity contribution in [2.24, 2.45) is 0 Å². The molecule has 0 aromatic carbocycles. The van der Waals surface area contributed by atoms with Gasteiger partial charge in [0.15, 0.2) is 0 Å². The fourth-order valence-electron chi connectivity index (χ4n) is 1.22. The Morgan fingerprint density at radius 2 is 2.35 bits per heavy atom. The molecule has 1 aromatic heterocycles. The average molecular weight is 239 g/mol. The smallest absolute Gasteiger partial charge is 0.306 e. The van der Waals surface area contributed by atoms with Crippen molar-refractivity contribution in [1.29, 1.82) is 0 Å². The maximum absolute atomic E-state index is 11.1. The van der Waals surface area contributed by atoms with E-state index >= 15 is 0 Å². The minimum absolute atomic E-state index is 0.0125. The van der Waals surface area contributed by atoms with E-state index in [-0.39, 0.29) is 25.1 Å². The third-order valence-electron chi connectivity index (χ3n) is 1.98. The van der Waals surface area contributed by atoms with Crippen molar-refractivity contribution in [2.45, 2.75) is 19.8 Å². The molecule has 0 radical (unpaired) electrons. The van der Waals surface area contributed by atoms with Gasteiger partial charge >= 0.3 is 5.97 Å². The lowest BCUT2D eigenvalue weighted by molar-refractivity contribution is -0.426. The highest BCUT2D eigenvalue weighted by molar-refractivity contribution is 5.69. The molecule has 92 valence electrons. The van der Waals surface area contributed by atoms with Gasteiger partial charge in [0.05, 0.1) is 30.3 Å². The van der Waals surface area contributed by atoms with Crippen LogP contribution in [0.1, 0.15) is 25.5 Å². The van der Waals surface area contributed by atoms with E-state index in [0.717, 1.165) is 0 Å². The number of carbonyl (C=O) groups is 1. The molecule has 0 spiro atoms. The van der Waals surface area contributed by atoms with E-state index in [1.54, 1.807) is 19.1 Å². The molecule has 0 bridgehead atoms. The molecule has 6 heteroatoms. The van der Waals surface area contributed by atoms with Crippen LogP contribution in [0.4, 0.5) is 0 Å². The number of carbonyl (C=O) groups excluding carboxylic acids is 1. The second-order valence-corrected chi connectivity index (χ2v) is 3.21. The summed E-state index contributed by atoms with van der Waals surface area (Å²) in [6.45, 7) is 1.96. The van der Waals surface area contributed by atoms with Gasteiger partial charge in [-0.25, -0.2) is 0 Å². The number of ether oxygens (including phenoxy) is 1. The van der Waals surface area contributed by atoms with Crippen LogP contribution in [0.2, 0.25) is 0 Å². The summed E-state index contributed by atoms with van der Waals surface area (Å²) < 4.78 is 9.67. The predicted octanol–water partition coefficient (Wildman–Crippen LogP) is 2.24. The largest absolute Gasteiger partial charge is 0.466 e. The summed E-state index contributed by atoms with van der Waals surface area (Å²) in [5, 5.41) is 10.7. The monoisotopic (exact) mass is 239 g/mol. The van der Waals surface area contributed by atoms with Crippen LogP contribution in [-0.2, 0) is 9.53 Å². The molecule has 0 aliphatic carbocycles. The van der Waals surface area contributed by atoms with Crippen LogP contribution < -0.4 is 0 Å². The maximum Gasteiger partial charge on any atom is 0.306 e. The van der Waals surface area contributed by atoms with E-state index in [0.29, 0.717) is 5.76 Å². The number of furan rings is 1. The fourth-order valence-corrected chi connectivity index (χ4v) is 1.22. The van der Waals surface area contributed by atoms with E-state index in [1.807, 2.05) is 0 Å². The van der Waals surface area contributed by atoms with Gasteiger partial charge < -0.3 is 9.15 Å². The second kappa shape index (κ2) is 6.47. The molecule has 1 aromatic rings. The van der Waals surface area contributed by atoms with Crippen molar-refractivity contribution in [3.8, 4) is 0 Å². The molecule has 0 atom stereocenters. The summed E-state index contributed by atoms with van der Waals surface area (Å²) in [5.74, 6) is -0.0553. The van der Waals surface area contributed by atoms with Gasteiger partial charge in [0.25, 0.3) is 5.70 Å². The standard InChI is InChI=1S/C11H13NO5/c1-2-16-11(13)6-5-9(12(14)15)8-10-4-3-7-17-10/h3-4,7-8H,2,5-6H2,1H3/b9-8+. The Bertz CT molecular complexity index is 408. The van der Waals surface area contributed by atoms with Crippen molar-refractivity contribution in [3.63, 3.8) is 0 Å². The zero-order valence-electron chi connectivity index (χ0n) is 9.42. The van der Waals surface area contributed by atoms with Crippen LogP contribution in [0.15, 0.2) is 28.5 Å². The minimum Gasteiger partial charge on any atom is -0.466 e. The molecule has 0 fully saturated rings. The first-order valence-electron chi connectivity index (χ1n) is 5.17. The minimum atomic E-state index is -0.526. The number of allylic oxidation sites excluding steroid dienone is 1. The van der Waals surface area contributed by atoms with Gasteiger partial charge in [0.2, 0.25) is 0 Å². The number of esters is 1. The highest BCUT2D eigenvalue weighted by Gasteiger charge is 2.14. The lowest BCUT2D eigenvalue weighted by Crippen LogP contribution is -2.06. The molecule has 0 saturated heterocycles. The SMILES string of the molecule is CCOC(=O)CC/C(=C\c1ccco1)[N+](=O)[O-]. The molecule has 0 saturated carbocycles. The van der Waals surface area contributed by atoms with Gasteiger partial charge in [-0.3, -0.25) is 14.9 Å². The van der Waals surface area contributed by atoms with Crippen molar-refractivity contribution < 1.29 is 18.9 Å². The molecule has 1 heterocycles. The Morgan fingerprint density at radius 1 is 1.59 bits per heavy atom. The van der Waals surface area contributed by atoms with E-state index in [9.17, 15) is 14.9 Å². The number of nitro groups is 1. The Balaban J connectivity index is 2.62. The normalized spacial score (nSPS) is 11.2. The molecule has 0 amide bonds. The number of rotatable bonds is 6. The van der Waals surface area contributed by atoms with Gasteiger partial charge in [-0.05, 0) is 19.1 Å². The van der Waals surface area contributed by atoms with Gasteiger partial charge in [-0.15, -0.1) is 0 Å². The average Bonchev–Trinajstić information content (AvgIpc) is 2.76.